The summed E-state index contributed by atoms with van der Waals surface area (Å²) in [6, 6.07) is 14.3. The maximum absolute atomic E-state index is 11.0. The van der Waals surface area contributed by atoms with Crippen LogP contribution in [0.15, 0.2) is 48.5 Å². The summed E-state index contributed by atoms with van der Waals surface area (Å²) in [5, 5.41) is 0. The van der Waals surface area contributed by atoms with E-state index in [4.69, 9.17) is 4.74 Å². The largest absolute Gasteiger partial charge is 0.428 e. The number of para-hydroxylation sites is 1. The summed E-state index contributed by atoms with van der Waals surface area (Å²) < 4.78 is 4.89. The van der Waals surface area contributed by atoms with Gasteiger partial charge in [-0.25, -0.2) is 0 Å². The molecule has 2 aromatic carbocycles. The summed E-state index contributed by atoms with van der Waals surface area (Å²) in [5.41, 5.74) is 2.04. The van der Waals surface area contributed by atoms with Crippen LogP contribution in [0.2, 0.25) is 0 Å². The highest BCUT2D eigenvalue weighted by molar-refractivity contribution is 5.89. The van der Waals surface area contributed by atoms with E-state index in [1.165, 1.54) is 0 Å². The maximum atomic E-state index is 11.0. The minimum atomic E-state index is 0.377. The second-order valence-electron chi connectivity index (χ2n) is 3.42. The van der Waals surface area contributed by atoms with E-state index >= 15 is 0 Å². The van der Waals surface area contributed by atoms with Crippen molar-refractivity contribution in [1.82, 2.24) is 0 Å². The zero-order valence-corrected chi connectivity index (χ0v) is 9.00. The smallest absolute Gasteiger partial charge is 0.298 e. The van der Waals surface area contributed by atoms with Crippen LogP contribution in [0.3, 0.4) is 0 Å². The highest BCUT2D eigenvalue weighted by Crippen LogP contribution is 2.31. The van der Waals surface area contributed by atoms with Crippen molar-refractivity contribution < 1.29 is 14.3 Å². The highest BCUT2D eigenvalue weighted by Gasteiger charge is 2.09. The van der Waals surface area contributed by atoms with E-state index in [0.717, 1.165) is 17.4 Å². The van der Waals surface area contributed by atoms with Gasteiger partial charge in [0.2, 0.25) is 0 Å². The molecule has 3 nitrogen and oxygen atoms in total. The molecule has 0 aromatic heterocycles. The first kappa shape index (κ1) is 11.1. The van der Waals surface area contributed by atoms with Gasteiger partial charge in [0.1, 0.15) is 5.75 Å². The second kappa shape index (κ2) is 5.07. The van der Waals surface area contributed by atoms with Gasteiger partial charge in [0.05, 0.1) is 0 Å². The molecule has 2 aromatic rings. The van der Waals surface area contributed by atoms with E-state index < -0.39 is 0 Å². The molecule has 0 N–H and O–H groups in total. The van der Waals surface area contributed by atoms with Crippen LogP contribution in [-0.2, 0) is 4.79 Å². The van der Waals surface area contributed by atoms with Crippen LogP contribution in [-0.4, -0.2) is 12.8 Å². The number of benzene rings is 2. The molecule has 0 amide bonds. The Morgan fingerprint density at radius 1 is 0.824 bits per heavy atom. The fourth-order valence-electron chi connectivity index (χ4n) is 1.69. The summed E-state index contributed by atoms with van der Waals surface area (Å²) in [6.45, 7) is 0.377. The van der Waals surface area contributed by atoms with Crippen molar-refractivity contribution in [2.45, 2.75) is 0 Å². The van der Waals surface area contributed by atoms with Crippen molar-refractivity contribution in [2.24, 2.45) is 0 Å². The van der Waals surface area contributed by atoms with Crippen molar-refractivity contribution in [2.75, 3.05) is 0 Å². The molecule has 17 heavy (non-hydrogen) atoms. The van der Waals surface area contributed by atoms with Gasteiger partial charge < -0.3 is 4.74 Å². The van der Waals surface area contributed by atoms with Crippen LogP contribution < -0.4 is 4.74 Å². The van der Waals surface area contributed by atoms with E-state index in [9.17, 15) is 9.59 Å². The van der Waals surface area contributed by atoms with Crippen LogP contribution in [0.1, 0.15) is 10.4 Å². The molecular weight excluding hydrogens is 216 g/mol. The lowest BCUT2D eigenvalue weighted by atomic mass is 10.00. The number of carbonyl (C=O) groups is 2. The lowest BCUT2D eigenvalue weighted by molar-refractivity contribution is -0.120. The van der Waals surface area contributed by atoms with Crippen LogP contribution in [0, 0.1) is 0 Å². The number of carbonyl (C=O) groups excluding carboxylic acids is 2. The van der Waals surface area contributed by atoms with Crippen molar-refractivity contribution in [1.29, 1.82) is 0 Å². The van der Waals surface area contributed by atoms with E-state index in [0.29, 0.717) is 17.8 Å². The van der Waals surface area contributed by atoms with Crippen molar-refractivity contribution >= 4 is 12.8 Å². The van der Waals surface area contributed by atoms with Crippen LogP contribution in [0.4, 0.5) is 0 Å². The Morgan fingerprint density at radius 3 is 2.18 bits per heavy atom. The van der Waals surface area contributed by atoms with Gasteiger partial charge in [-0.1, -0.05) is 42.5 Å². The van der Waals surface area contributed by atoms with Crippen molar-refractivity contribution in [3.05, 3.63) is 54.1 Å². The van der Waals surface area contributed by atoms with Crippen LogP contribution in [0.5, 0.6) is 5.75 Å². The third-order valence-corrected chi connectivity index (χ3v) is 2.44. The molecule has 2 rings (SSSR count). The molecule has 0 fully saturated rings. The first-order chi connectivity index (χ1) is 8.36. The maximum Gasteiger partial charge on any atom is 0.298 e. The number of rotatable bonds is 4. The fourth-order valence-corrected chi connectivity index (χ4v) is 1.69. The third kappa shape index (κ3) is 2.23. The Morgan fingerprint density at radius 2 is 1.47 bits per heavy atom. The zero-order valence-electron chi connectivity index (χ0n) is 9.00. The van der Waals surface area contributed by atoms with Gasteiger partial charge in [-0.15, -0.1) is 0 Å². The summed E-state index contributed by atoms with van der Waals surface area (Å²) in [4.78, 5) is 21.4. The van der Waals surface area contributed by atoms with E-state index in [1.807, 2.05) is 18.2 Å². The van der Waals surface area contributed by atoms with Gasteiger partial charge in [0.15, 0.2) is 6.29 Å². The second-order valence-corrected chi connectivity index (χ2v) is 3.42. The quantitative estimate of drug-likeness (QED) is 0.753. The Bertz CT molecular complexity index is 547. The summed E-state index contributed by atoms with van der Waals surface area (Å²) in [7, 11) is 0. The summed E-state index contributed by atoms with van der Waals surface area (Å²) in [6.07, 6.45) is 0.785. The average Bonchev–Trinajstić information content (AvgIpc) is 2.40. The predicted molar refractivity (Wildman–Crippen MR) is 64.0 cm³/mol. The van der Waals surface area contributed by atoms with Crippen LogP contribution >= 0.6 is 0 Å². The van der Waals surface area contributed by atoms with Gasteiger partial charge >= 0.3 is 0 Å². The molecule has 0 saturated carbocycles. The van der Waals surface area contributed by atoms with E-state index in [1.54, 1.807) is 30.3 Å². The number of hydrogen-bond donors (Lipinski definition) is 0. The Hall–Kier alpha value is -2.42. The molecule has 0 bridgehead atoms. The monoisotopic (exact) mass is 226 g/mol. The number of hydrogen-bond acceptors (Lipinski definition) is 3. The van der Waals surface area contributed by atoms with Gasteiger partial charge in [-0.3, -0.25) is 9.59 Å². The zero-order chi connectivity index (χ0) is 12.1. The van der Waals surface area contributed by atoms with E-state index in [2.05, 4.69) is 0 Å². The van der Waals surface area contributed by atoms with Crippen molar-refractivity contribution in [3.8, 4) is 16.9 Å². The summed E-state index contributed by atoms with van der Waals surface area (Å²) in [5.74, 6) is 0.441. The van der Waals surface area contributed by atoms with Gasteiger partial charge in [-0.2, -0.15) is 0 Å². The molecule has 0 unspecified atom stereocenters. The molecule has 0 spiro atoms. The molecule has 0 aliphatic carbocycles. The third-order valence-electron chi connectivity index (χ3n) is 2.44. The molecular formula is C14H10O3. The Kier molecular flexibility index (Phi) is 3.31. The standard InChI is InChI=1S/C14H10O3/c15-9-11-5-1-2-6-12(11)13-7-3-4-8-14(13)17-10-16/h1-10H. The molecule has 84 valence electrons. The first-order valence-electron chi connectivity index (χ1n) is 5.10. The Balaban J connectivity index is 2.59. The molecule has 0 atom stereocenters. The average molecular weight is 226 g/mol. The Labute approximate surface area is 98.7 Å². The van der Waals surface area contributed by atoms with Gasteiger partial charge in [-0.05, 0) is 11.6 Å². The topological polar surface area (TPSA) is 43.4 Å². The lowest BCUT2D eigenvalue weighted by Gasteiger charge is -2.08. The lowest BCUT2D eigenvalue weighted by Crippen LogP contribution is -1.93. The normalized spacial score (nSPS) is 9.65. The molecule has 0 aliphatic heterocycles. The fraction of sp³-hybridized carbons (Fsp3) is 0. The van der Waals surface area contributed by atoms with Gasteiger partial charge in [0.25, 0.3) is 6.47 Å². The summed E-state index contributed by atoms with van der Waals surface area (Å²) >= 11 is 0. The molecule has 0 heterocycles. The molecule has 3 heteroatoms. The van der Waals surface area contributed by atoms with Crippen LogP contribution in [0.25, 0.3) is 11.1 Å². The molecule has 0 radical (unpaired) electrons. The minimum absolute atomic E-state index is 0.377. The minimum Gasteiger partial charge on any atom is -0.428 e. The highest BCUT2D eigenvalue weighted by atomic mass is 16.5. The molecule has 0 saturated heterocycles. The predicted octanol–water partition coefficient (Wildman–Crippen LogP) is 2.70. The van der Waals surface area contributed by atoms with E-state index in [-0.39, 0.29) is 0 Å². The SMILES string of the molecule is O=COc1ccccc1-c1ccccc1C=O. The van der Waals surface area contributed by atoms with Crippen molar-refractivity contribution in [3.63, 3.8) is 0 Å². The number of ether oxygens (including phenoxy) is 1. The number of aldehydes is 1. The van der Waals surface area contributed by atoms with Gasteiger partial charge in [0, 0.05) is 11.1 Å². The first-order valence-corrected chi connectivity index (χ1v) is 5.10. The molecule has 0 aliphatic rings.